The third-order valence-electron chi connectivity index (χ3n) is 4.54. The van der Waals surface area contributed by atoms with Crippen LogP contribution < -0.4 is 0 Å². The first kappa shape index (κ1) is 14.9. The minimum atomic E-state index is -0.124. The molecule has 0 aromatic heterocycles. The van der Waals surface area contributed by atoms with Crippen molar-refractivity contribution < 1.29 is 14.6 Å². The maximum Gasteiger partial charge on any atom is 0.306 e. The fourth-order valence-corrected chi connectivity index (χ4v) is 3.53. The Morgan fingerprint density at radius 3 is 3.05 bits per heavy atom. The van der Waals surface area contributed by atoms with Gasteiger partial charge in [-0.15, -0.1) is 0 Å². The molecule has 0 radical (unpaired) electrons. The molecule has 116 valence electrons. The molecule has 2 aliphatic rings. The summed E-state index contributed by atoms with van der Waals surface area (Å²) in [6, 6.07) is 5.59. The van der Waals surface area contributed by atoms with Gasteiger partial charge in [-0.2, -0.15) is 0 Å². The van der Waals surface area contributed by atoms with Crippen molar-refractivity contribution in [2.45, 2.75) is 39.0 Å². The van der Waals surface area contributed by atoms with Crippen molar-refractivity contribution in [3.05, 3.63) is 52.6 Å². The summed E-state index contributed by atoms with van der Waals surface area (Å²) in [4.78, 5) is 12.0. The van der Waals surface area contributed by atoms with Crippen LogP contribution >= 0.6 is 0 Å². The summed E-state index contributed by atoms with van der Waals surface area (Å²) in [5, 5.41) is 9.75. The van der Waals surface area contributed by atoms with Gasteiger partial charge < -0.3 is 9.84 Å². The van der Waals surface area contributed by atoms with Crippen molar-refractivity contribution in [3.63, 3.8) is 0 Å². The lowest BCUT2D eigenvalue weighted by molar-refractivity contribution is -0.143. The predicted octanol–water partition coefficient (Wildman–Crippen LogP) is 3.71. The normalized spacial score (nSPS) is 20.1. The third kappa shape index (κ3) is 3.08. The maximum atomic E-state index is 12.0. The SMILES string of the molecule is CCOC(=O)CC1Cc2ccc(O)cc2CC2=C1C=CCC2. The number of aromatic hydroxyl groups is 1. The molecule has 1 N–H and O–H groups in total. The lowest BCUT2D eigenvalue weighted by Crippen LogP contribution is -2.16. The smallest absolute Gasteiger partial charge is 0.306 e. The summed E-state index contributed by atoms with van der Waals surface area (Å²) in [5.74, 6) is 0.369. The van der Waals surface area contributed by atoms with Gasteiger partial charge in [0.2, 0.25) is 0 Å². The van der Waals surface area contributed by atoms with E-state index in [1.165, 1.54) is 22.3 Å². The molecule has 2 aliphatic carbocycles. The Kier molecular flexibility index (Phi) is 4.32. The standard InChI is InChI=1S/C19H22O3/c1-2-22-19(21)12-16-9-13-7-8-17(20)11-15(13)10-14-5-3-4-6-18(14)16/h4,6-8,11,16,20H,2-3,5,9-10,12H2,1H3. The average Bonchev–Trinajstić information content (AvgIpc) is 2.64. The first-order valence-electron chi connectivity index (χ1n) is 8.02. The fourth-order valence-electron chi connectivity index (χ4n) is 3.53. The molecule has 0 saturated heterocycles. The van der Waals surface area contributed by atoms with Crippen molar-refractivity contribution in [2.75, 3.05) is 6.61 Å². The number of phenols is 1. The van der Waals surface area contributed by atoms with Crippen LogP contribution in [0.5, 0.6) is 5.75 Å². The fraction of sp³-hybridized carbons (Fsp3) is 0.421. The second-order valence-electron chi connectivity index (χ2n) is 6.04. The van der Waals surface area contributed by atoms with Crippen LogP contribution in [0.3, 0.4) is 0 Å². The molecule has 0 bridgehead atoms. The van der Waals surface area contributed by atoms with E-state index in [0.717, 1.165) is 25.7 Å². The summed E-state index contributed by atoms with van der Waals surface area (Å²) in [6.45, 7) is 2.27. The molecule has 0 fully saturated rings. The third-order valence-corrected chi connectivity index (χ3v) is 4.54. The van der Waals surface area contributed by atoms with Gasteiger partial charge in [-0.25, -0.2) is 0 Å². The Morgan fingerprint density at radius 1 is 1.36 bits per heavy atom. The van der Waals surface area contributed by atoms with E-state index in [4.69, 9.17) is 4.74 Å². The van der Waals surface area contributed by atoms with Crippen molar-refractivity contribution in [1.29, 1.82) is 0 Å². The van der Waals surface area contributed by atoms with E-state index in [9.17, 15) is 9.90 Å². The maximum absolute atomic E-state index is 12.0. The summed E-state index contributed by atoms with van der Waals surface area (Å²) >= 11 is 0. The number of carbonyl (C=O) groups is 1. The van der Waals surface area contributed by atoms with E-state index in [1.807, 2.05) is 19.1 Å². The van der Waals surface area contributed by atoms with Gasteiger partial charge in [0.1, 0.15) is 5.75 Å². The van der Waals surface area contributed by atoms with Gasteiger partial charge in [0.15, 0.2) is 0 Å². The highest BCUT2D eigenvalue weighted by Crippen LogP contribution is 2.37. The Morgan fingerprint density at radius 2 is 2.23 bits per heavy atom. The molecule has 0 spiro atoms. The van der Waals surface area contributed by atoms with Crippen LogP contribution in [-0.4, -0.2) is 17.7 Å². The monoisotopic (exact) mass is 298 g/mol. The van der Waals surface area contributed by atoms with Gasteiger partial charge in [-0.3, -0.25) is 4.79 Å². The van der Waals surface area contributed by atoms with Crippen LogP contribution in [0.2, 0.25) is 0 Å². The van der Waals surface area contributed by atoms with Gasteiger partial charge in [-0.05, 0) is 67.4 Å². The summed E-state index contributed by atoms with van der Waals surface area (Å²) in [6.07, 6.45) is 8.62. The minimum Gasteiger partial charge on any atom is -0.508 e. The quantitative estimate of drug-likeness (QED) is 0.865. The van der Waals surface area contributed by atoms with Crippen molar-refractivity contribution >= 4 is 5.97 Å². The zero-order valence-corrected chi connectivity index (χ0v) is 13.0. The first-order valence-corrected chi connectivity index (χ1v) is 8.02. The number of allylic oxidation sites excluding steroid dienone is 4. The van der Waals surface area contributed by atoms with Gasteiger partial charge in [0, 0.05) is 0 Å². The average molecular weight is 298 g/mol. The number of rotatable bonds is 3. The zero-order valence-electron chi connectivity index (χ0n) is 13.0. The van der Waals surface area contributed by atoms with Crippen molar-refractivity contribution in [2.24, 2.45) is 5.92 Å². The van der Waals surface area contributed by atoms with E-state index in [2.05, 4.69) is 12.2 Å². The van der Waals surface area contributed by atoms with Gasteiger partial charge in [0.25, 0.3) is 0 Å². The molecule has 1 aromatic rings. The van der Waals surface area contributed by atoms with Crippen LogP contribution in [0.4, 0.5) is 0 Å². The zero-order chi connectivity index (χ0) is 15.5. The number of carbonyl (C=O) groups excluding carboxylic acids is 1. The molecule has 0 saturated carbocycles. The Labute approximate surface area is 131 Å². The molecular formula is C19H22O3. The molecule has 3 rings (SSSR count). The Bertz CT molecular complexity index is 640. The molecule has 1 atom stereocenters. The number of phenolic OH excluding ortho intramolecular Hbond substituents is 1. The highest BCUT2D eigenvalue weighted by Gasteiger charge is 2.26. The van der Waals surface area contributed by atoms with E-state index in [0.29, 0.717) is 18.8 Å². The predicted molar refractivity (Wildman–Crippen MR) is 85.7 cm³/mol. The number of fused-ring (bicyclic) bond motifs is 1. The molecule has 1 aromatic carbocycles. The number of hydrogen-bond donors (Lipinski definition) is 1. The molecule has 1 unspecified atom stereocenters. The van der Waals surface area contributed by atoms with Crippen molar-refractivity contribution in [1.82, 2.24) is 0 Å². The van der Waals surface area contributed by atoms with Crippen LogP contribution in [0.25, 0.3) is 0 Å². The molecule has 3 heteroatoms. The summed E-state index contributed by atoms with van der Waals surface area (Å²) in [5.41, 5.74) is 5.13. The van der Waals surface area contributed by atoms with Crippen LogP contribution in [-0.2, 0) is 22.4 Å². The minimum absolute atomic E-state index is 0.124. The highest BCUT2D eigenvalue weighted by molar-refractivity contribution is 5.70. The molecular weight excluding hydrogens is 276 g/mol. The number of ether oxygens (including phenoxy) is 1. The first-order chi connectivity index (χ1) is 10.7. The van der Waals surface area contributed by atoms with Crippen LogP contribution in [0.1, 0.15) is 37.3 Å². The van der Waals surface area contributed by atoms with E-state index in [1.54, 1.807) is 6.07 Å². The van der Waals surface area contributed by atoms with Gasteiger partial charge in [0.05, 0.1) is 13.0 Å². The summed E-state index contributed by atoms with van der Waals surface area (Å²) < 4.78 is 5.15. The van der Waals surface area contributed by atoms with E-state index >= 15 is 0 Å². The Hall–Kier alpha value is -2.03. The molecule has 0 heterocycles. The van der Waals surface area contributed by atoms with E-state index in [-0.39, 0.29) is 11.9 Å². The second kappa shape index (κ2) is 6.39. The second-order valence-corrected chi connectivity index (χ2v) is 6.04. The largest absolute Gasteiger partial charge is 0.508 e. The molecule has 0 amide bonds. The lowest BCUT2D eigenvalue weighted by Gasteiger charge is -2.21. The van der Waals surface area contributed by atoms with Crippen LogP contribution in [0.15, 0.2) is 41.5 Å². The van der Waals surface area contributed by atoms with Gasteiger partial charge >= 0.3 is 5.97 Å². The van der Waals surface area contributed by atoms with E-state index < -0.39 is 0 Å². The number of benzene rings is 1. The molecule has 3 nitrogen and oxygen atoms in total. The number of esters is 1. The highest BCUT2D eigenvalue weighted by atomic mass is 16.5. The molecule has 0 aliphatic heterocycles. The number of hydrogen-bond acceptors (Lipinski definition) is 3. The van der Waals surface area contributed by atoms with Crippen LogP contribution in [0, 0.1) is 5.92 Å². The van der Waals surface area contributed by atoms with Crippen molar-refractivity contribution in [3.8, 4) is 5.75 Å². The topological polar surface area (TPSA) is 46.5 Å². The summed E-state index contributed by atoms with van der Waals surface area (Å²) in [7, 11) is 0. The Balaban J connectivity index is 1.94. The van der Waals surface area contributed by atoms with Gasteiger partial charge in [-0.1, -0.05) is 23.8 Å². The molecule has 22 heavy (non-hydrogen) atoms. The lowest BCUT2D eigenvalue weighted by atomic mass is 9.84.